The Morgan fingerprint density at radius 2 is 1.70 bits per heavy atom. The minimum Gasteiger partial charge on any atom is -0.497 e. The number of rotatable bonds is 15. The van der Waals surface area contributed by atoms with E-state index in [9.17, 15) is 14.4 Å². The van der Waals surface area contributed by atoms with Gasteiger partial charge in [0.15, 0.2) is 11.5 Å². The van der Waals surface area contributed by atoms with Crippen molar-refractivity contribution in [2.24, 2.45) is 0 Å². The van der Waals surface area contributed by atoms with Gasteiger partial charge in [-0.2, -0.15) is 0 Å². The lowest BCUT2D eigenvalue weighted by Gasteiger charge is -2.27. The number of amides is 2. The number of hydrogen-bond acceptors (Lipinski definition) is 7. The summed E-state index contributed by atoms with van der Waals surface area (Å²) in [6.45, 7) is 7.75. The smallest absolute Gasteiger partial charge is 0.303 e. The maximum absolute atomic E-state index is 14.5. The van der Waals surface area contributed by atoms with E-state index in [1.54, 1.807) is 35.1 Å². The van der Waals surface area contributed by atoms with Crippen LogP contribution in [0.15, 0.2) is 60.7 Å². The number of anilines is 2. The van der Waals surface area contributed by atoms with Gasteiger partial charge in [-0.3, -0.25) is 24.2 Å². The number of aliphatic carboxylic acids is 1. The highest BCUT2D eigenvalue weighted by atomic mass is 28.3. The average molecular weight is 647 g/mol. The first-order valence-electron chi connectivity index (χ1n) is 15.6. The van der Waals surface area contributed by atoms with Crippen LogP contribution in [0.4, 0.5) is 11.4 Å². The molecule has 3 aromatic rings. The molecule has 2 aliphatic heterocycles. The van der Waals surface area contributed by atoms with Crippen molar-refractivity contribution >= 4 is 37.2 Å². The van der Waals surface area contributed by atoms with Crippen LogP contribution in [0, 0.1) is 0 Å². The number of ether oxygens (including phenoxy) is 4. The molecular weight excluding hydrogens is 604 g/mol. The van der Waals surface area contributed by atoms with E-state index < -0.39 is 20.1 Å². The van der Waals surface area contributed by atoms with Gasteiger partial charge < -0.3 is 24.1 Å². The fourth-order valence-corrected chi connectivity index (χ4v) is 6.30. The van der Waals surface area contributed by atoms with Crippen molar-refractivity contribution in [3.63, 3.8) is 0 Å². The van der Waals surface area contributed by atoms with Gasteiger partial charge in [-0.15, -0.1) is 0 Å². The molecule has 0 spiro atoms. The fourth-order valence-electron chi connectivity index (χ4n) is 5.54. The molecule has 2 heterocycles. The molecule has 2 amide bonds. The van der Waals surface area contributed by atoms with Gasteiger partial charge in [-0.25, -0.2) is 0 Å². The molecular formula is C35H42N2O8Si. The Kier molecular flexibility index (Phi) is 10.3. The molecule has 0 radical (unpaired) electrons. The lowest BCUT2D eigenvalue weighted by atomic mass is 10.1. The monoisotopic (exact) mass is 646 g/mol. The molecule has 46 heavy (non-hydrogen) atoms. The summed E-state index contributed by atoms with van der Waals surface area (Å²) >= 11 is 0. The second kappa shape index (κ2) is 14.4. The summed E-state index contributed by atoms with van der Waals surface area (Å²) in [6, 6.07) is 18.7. The summed E-state index contributed by atoms with van der Waals surface area (Å²) in [5.74, 6) is -0.137. The lowest BCUT2D eigenvalue weighted by Crippen LogP contribution is -2.47. The Bertz CT molecular complexity index is 1570. The van der Waals surface area contributed by atoms with Crippen LogP contribution < -0.4 is 24.0 Å². The molecule has 3 aromatic carbocycles. The van der Waals surface area contributed by atoms with Crippen LogP contribution >= 0.6 is 0 Å². The van der Waals surface area contributed by atoms with Crippen LogP contribution in [0.5, 0.6) is 17.2 Å². The van der Waals surface area contributed by atoms with Crippen LogP contribution in [0.1, 0.15) is 40.7 Å². The third-order valence-electron chi connectivity index (χ3n) is 8.13. The second-order valence-corrected chi connectivity index (χ2v) is 18.4. The third-order valence-corrected chi connectivity index (χ3v) is 9.83. The number of fused-ring (bicyclic) bond motifs is 4. The number of carboxylic acids is 1. The molecule has 0 saturated carbocycles. The van der Waals surface area contributed by atoms with Crippen molar-refractivity contribution in [2.75, 3.05) is 36.9 Å². The van der Waals surface area contributed by atoms with Crippen molar-refractivity contribution in [3.8, 4) is 17.2 Å². The van der Waals surface area contributed by atoms with Crippen molar-refractivity contribution in [1.29, 1.82) is 0 Å². The molecule has 0 aliphatic carbocycles. The van der Waals surface area contributed by atoms with Gasteiger partial charge in [0, 0.05) is 39.7 Å². The van der Waals surface area contributed by atoms with Crippen LogP contribution in [0.2, 0.25) is 25.7 Å². The van der Waals surface area contributed by atoms with Crippen LogP contribution in [0.3, 0.4) is 0 Å². The summed E-state index contributed by atoms with van der Waals surface area (Å²) < 4.78 is 24.0. The lowest BCUT2D eigenvalue weighted by molar-refractivity contribution is -0.137. The average Bonchev–Trinajstić information content (AvgIpc) is 3.38. The highest BCUT2D eigenvalue weighted by Gasteiger charge is 2.45. The Balaban J connectivity index is 1.54. The summed E-state index contributed by atoms with van der Waals surface area (Å²) in [5.41, 5.74) is 3.14. The SMILES string of the molecule is COc1ccc2c(c1)N1C(=O)c3cc(OCc4ccccc4)c(OCCCCC(=O)O)cc3N(COCC[Si](C)(C)C)C(=O)C1C2. The van der Waals surface area contributed by atoms with Gasteiger partial charge in [-0.05, 0) is 42.1 Å². The molecule has 5 rings (SSSR count). The zero-order valence-electron chi connectivity index (χ0n) is 26.9. The van der Waals surface area contributed by atoms with E-state index in [2.05, 4.69) is 19.6 Å². The minimum absolute atomic E-state index is 0.0180. The Hall–Kier alpha value is -4.35. The van der Waals surface area contributed by atoms with E-state index in [0.717, 1.165) is 17.2 Å². The third kappa shape index (κ3) is 7.71. The van der Waals surface area contributed by atoms with Crippen molar-refractivity contribution < 1.29 is 38.4 Å². The second-order valence-electron chi connectivity index (χ2n) is 12.8. The first kappa shape index (κ1) is 33.0. The number of carbonyl (C=O) groups is 3. The van der Waals surface area contributed by atoms with E-state index in [1.165, 1.54) is 0 Å². The Morgan fingerprint density at radius 3 is 2.41 bits per heavy atom. The standard InChI is InChI=1S/C35H42N2O8Si/c1-42-26-14-13-25-18-30-35(41)36(23-43-16-17-46(2,3)4)29-21-32(44-15-9-8-12-33(38)39)31(45-22-24-10-6-5-7-11-24)20-27(29)34(40)37(30)28(25)19-26/h5-7,10-11,13-14,19-21,30H,8-9,12,15-18,22-23H2,1-4H3,(H,38,39). The number of carbonyl (C=O) groups excluding carboxylic acids is 2. The molecule has 0 bridgehead atoms. The minimum atomic E-state index is -1.39. The predicted octanol–water partition coefficient (Wildman–Crippen LogP) is 6.14. The zero-order valence-corrected chi connectivity index (χ0v) is 27.9. The number of benzene rings is 3. The van der Waals surface area contributed by atoms with Gasteiger partial charge >= 0.3 is 5.97 Å². The fraction of sp³-hybridized carbons (Fsp3) is 0.400. The summed E-state index contributed by atoms with van der Waals surface area (Å²) in [7, 11) is 0.182. The van der Waals surface area contributed by atoms with Gasteiger partial charge in [-0.1, -0.05) is 56.0 Å². The van der Waals surface area contributed by atoms with E-state index in [4.69, 9.17) is 24.1 Å². The van der Waals surface area contributed by atoms with E-state index in [-0.39, 0.29) is 38.2 Å². The van der Waals surface area contributed by atoms with E-state index >= 15 is 0 Å². The number of unbranched alkanes of at least 4 members (excludes halogenated alkanes) is 1. The summed E-state index contributed by atoms with van der Waals surface area (Å²) in [5, 5.41) is 9.03. The molecule has 0 aromatic heterocycles. The van der Waals surface area contributed by atoms with Gasteiger partial charge in [0.25, 0.3) is 11.8 Å². The number of carboxylic acid groups (broad SMARTS) is 1. The molecule has 10 nitrogen and oxygen atoms in total. The quantitative estimate of drug-likeness (QED) is 0.155. The maximum atomic E-state index is 14.5. The normalized spacial score (nSPS) is 15.6. The van der Waals surface area contributed by atoms with Crippen molar-refractivity contribution in [2.45, 2.75) is 64.0 Å². The van der Waals surface area contributed by atoms with Gasteiger partial charge in [0.1, 0.15) is 25.1 Å². The number of methoxy groups -OCH3 is 1. The molecule has 0 fully saturated rings. The topological polar surface area (TPSA) is 115 Å². The van der Waals surface area contributed by atoms with Crippen molar-refractivity contribution in [1.82, 2.24) is 0 Å². The molecule has 1 atom stereocenters. The molecule has 2 aliphatic rings. The van der Waals surface area contributed by atoms with Crippen LogP contribution in [-0.2, 0) is 27.4 Å². The van der Waals surface area contributed by atoms with Crippen LogP contribution in [0.25, 0.3) is 0 Å². The zero-order chi connectivity index (χ0) is 32.8. The maximum Gasteiger partial charge on any atom is 0.303 e. The molecule has 1 N–H and O–H groups in total. The highest BCUT2D eigenvalue weighted by Crippen LogP contribution is 2.44. The van der Waals surface area contributed by atoms with Gasteiger partial charge in [0.05, 0.1) is 30.7 Å². The van der Waals surface area contributed by atoms with E-state index in [1.807, 2.05) is 42.5 Å². The first-order valence-corrected chi connectivity index (χ1v) is 19.4. The largest absolute Gasteiger partial charge is 0.497 e. The summed E-state index contributed by atoms with van der Waals surface area (Å²) in [4.78, 5) is 42.9. The number of hydrogen-bond donors (Lipinski definition) is 1. The summed E-state index contributed by atoms with van der Waals surface area (Å²) in [6.07, 6.45) is 1.37. The van der Waals surface area contributed by atoms with Crippen LogP contribution in [-0.4, -0.2) is 64.1 Å². The van der Waals surface area contributed by atoms with Gasteiger partial charge in [0.2, 0.25) is 0 Å². The molecule has 0 saturated heterocycles. The van der Waals surface area contributed by atoms with E-state index in [0.29, 0.717) is 60.1 Å². The first-order chi connectivity index (χ1) is 22.1. The molecule has 244 valence electrons. The molecule has 1 unspecified atom stereocenters. The Labute approximate surface area is 270 Å². The number of nitrogens with zero attached hydrogens (tertiary/aromatic N) is 2. The predicted molar refractivity (Wildman–Crippen MR) is 178 cm³/mol. The van der Waals surface area contributed by atoms with Crippen molar-refractivity contribution in [3.05, 3.63) is 77.4 Å². The molecule has 11 heteroatoms. The Morgan fingerprint density at radius 1 is 0.935 bits per heavy atom. The highest BCUT2D eigenvalue weighted by molar-refractivity contribution is 6.76.